The molecule has 0 saturated heterocycles. The lowest BCUT2D eigenvalue weighted by Crippen LogP contribution is -2.42. The first kappa shape index (κ1) is 13.3. The van der Waals surface area contributed by atoms with Crippen molar-refractivity contribution in [3.05, 3.63) is 30.1 Å². The molecule has 3 rings (SSSR count). The van der Waals surface area contributed by atoms with Crippen LogP contribution in [-0.4, -0.2) is 16.7 Å². The number of nitrogens with one attached hydrogen (secondary N) is 1. The molecule has 0 radical (unpaired) electrons. The summed E-state index contributed by atoms with van der Waals surface area (Å²) in [6.07, 6.45) is 6.29. The van der Waals surface area contributed by atoms with E-state index in [1.165, 1.54) is 0 Å². The van der Waals surface area contributed by atoms with Gasteiger partial charge in [-0.3, -0.25) is 14.6 Å². The third-order valence-electron chi connectivity index (χ3n) is 4.59. The van der Waals surface area contributed by atoms with E-state index in [1.807, 2.05) is 18.2 Å². The van der Waals surface area contributed by atoms with E-state index < -0.39 is 0 Å². The van der Waals surface area contributed by atoms with Gasteiger partial charge in [0.05, 0.1) is 12.2 Å². The van der Waals surface area contributed by atoms with E-state index in [-0.39, 0.29) is 23.7 Å². The molecule has 2 aliphatic rings. The SMILES string of the molecule is O=C(NCc1ccccn1)C1C[C@H]2CCC[C@@H](C1)C2=O. The number of hydrogen-bond donors (Lipinski definition) is 1. The number of pyridine rings is 1. The fourth-order valence-electron chi connectivity index (χ4n) is 3.52. The summed E-state index contributed by atoms with van der Waals surface area (Å²) in [7, 11) is 0. The maximum Gasteiger partial charge on any atom is 0.223 e. The van der Waals surface area contributed by atoms with Gasteiger partial charge in [0, 0.05) is 24.0 Å². The molecule has 4 nitrogen and oxygen atoms in total. The molecule has 106 valence electrons. The van der Waals surface area contributed by atoms with Gasteiger partial charge in [0.2, 0.25) is 5.91 Å². The Balaban J connectivity index is 1.57. The van der Waals surface area contributed by atoms with Crippen LogP contribution >= 0.6 is 0 Å². The number of Topliss-reactive ketones (excluding diaryl/α,β-unsaturated/α-hetero) is 1. The Hall–Kier alpha value is -1.71. The molecule has 2 aliphatic carbocycles. The van der Waals surface area contributed by atoms with Crippen molar-refractivity contribution in [3.8, 4) is 0 Å². The zero-order chi connectivity index (χ0) is 13.9. The molecule has 0 spiro atoms. The zero-order valence-corrected chi connectivity index (χ0v) is 11.5. The minimum Gasteiger partial charge on any atom is -0.350 e. The Morgan fingerprint density at radius 1 is 1.25 bits per heavy atom. The first-order valence-corrected chi connectivity index (χ1v) is 7.45. The third kappa shape index (κ3) is 2.74. The van der Waals surface area contributed by atoms with Gasteiger partial charge in [0.1, 0.15) is 5.78 Å². The van der Waals surface area contributed by atoms with Crippen molar-refractivity contribution < 1.29 is 9.59 Å². The van der Waals surface area contributed by atoms with Crippen molar-refractivity contribution >= 4 is 11.7 Å². The number of ketones is 1. The van der Waals surface area contributed by atoms with Crippen molar-refractivity contribution in [2.24, 2.45) is 17.8 Å². The largest absolute Gasteiger partial charge is 0.350 e. The predicted molar refractivity (Wildman–Crippen MR) is 74.6 cm³/mol. The quantitative estimate of drug-likeness (QED) is 0.916. The molecule has 1 amide bonds. The van der Waals surface area contributed by atoms with E-state index in [4.69, 9.17) is 0 Å². The standard InChI is InChI=1S/C16H20N2O2/c19-15-11-4-3-5-12(15)9-13(8-11)16(20)18-10-14-6-1-2-7-17-14/h1-2,6-7,11-13H,3-5,8-10H2,(H,18,20)/t11-,12+,13?. The van der Waals surface area contributed by atoms with Gasteiger partial charge in [0.15, 0.2) is 0 Å². The Bertz CT molecular complexity index is 484. The number of aromatic nitrogens is 1. The molecule has 2 fully saturated rings. The second kappa shape index (κ2) is 5.73. The Kier molecular flexibility index (Phi) is 3.81. The molecule has 1 N–H and O–H groups in total. The number of fused-ring (bicyclic) bond motifs is 2. The Morgan fingerprint density at radius 3 is 2.65 bits per heavy atom. The minimum absolute atomic E-state index is 0.00622. The lowest BCUT2D eigenvalue weighted by Gasteiger charge is -2.36. The van der Waals surface area contributed by atoms with Crippen LogP contribution in [0.1, 0.15) is 37.8 Å². The number of carbonyl (C=O) groups is 2. The van der Waals surface area contributed by atoms with E-state index in [2.05, 4.69) is 10.3 Å². The van der Waals surface area contributed by atoms with Gasteiger partial charge in [-0.2, -0.15) is 0 Å². The minimum atomic E-state index is 0.00622. The van der Waals surface area contributed by atoms with Gasteiger partial charge < -0.3 is 5.32 Å². The van der Waals surface area contributed by atoms with Gasteiger partial charge in [-0.25, -0.2) is 0 Å². The lowest BCUT2D eigenvalue weighted by molar-refractivity contribution is -0.137. The molecule has 1 aromatic rings. The number of rotatable bonds is 3. The van der Waals surface area contributed by atoms with Crippen LogP contribution < -0.4 is 5.32 Å². The van der Waals surface area contributed by atoms with Crippen LogP contribution in [0.2, 0.25) is 0 Å². The van der Waals surface area contributed by atoms with Crippen LogP contribution in [-0.2, 0) is 16.1 Å². The molecule has 3 atom stereocenters. The van der Waals surface area contributed by atoms with E-state index in [0.29, 0.717) is 12.3 Å². The first-order valence-electron chi connectivity index (χ1n) is 7.45. The Labute approximate surface area is 119 Å². The summed E-state index contributed by atoms with van der Waals surface area (Å²) >= 11 is 0. The topological polar surface area (TPSA) is 59.1 Å². The first-order chi connectivity index (χ1) is 9.74. The molecule has 2 bridgehead atoms. The van der Waals surface area contributed by atoms with Gasteiger partial charge >= 0.3 is 0 Å². The van der Waals surface area contributed by atoms with Gasteiger partial charge in [0.25, 0.3) is 0 Å². The molecular weight excluding hydrogens is 252 g/mol. The van der Waals surface area contributed by atoms with Crippen LogP contribution in [0.5, 0.6) is 0 Å². The molecule has 1 unspecified atom stereocenters. The molecule has 1 aromatic heterocycles. The van der Waals surface area contributed by atoms with Crippen LogP contribution in [0.4, 0.5) is 0 Å². The van der Waals surface area contributed by atoms with Gasteiger partial charge in [-0.15, -0.1) is 0 Å². The smallest absolute Gasteiger partial charge is 0.223 e. The van der Waals surface area contributed by atoms with Gasteiger partial charge in [-0.05, 0) is 37.8 Å². The zero-order valence-electron chi connectivity index (χ0n) is 11.5. The summed E-state index contributed by atoms with van der Waals surface area (Å²) in [5.74, 6) is 0.762. The number of amides is 1. The van der Waals surface area contributed by atoms with E-state index in [9.17, 15) is 9.59 Å². The molecule has 4 heteroatoms. The van der Waals surface area contributed by atoms with Crippen molar-refractivity contribution in [1.82, 2.24) is 10.3 Å². The fraction of sp³-hybridized carbons (Fsp3) is 0.562. The second-order valence-corrected chi connectivity index (χ2v) is 5.93. The molecule has 0 aliphatic heterocycles. The average molecular weight is 272 g/mol. The molecule has 1 heterocycles. The fourth-order valence-corrected chi connectivity index (χ4v) is 3.52. The van der Waals surface area contributed by atoms with Crippen LogP contribution in [0.15, 0.2) is 24.4 Å². The number of carbonyl (C=O) groups excluding carboxylic acids is 2. The highest BCUT2D eigenvalue weighted by atomic mass is 16.2. The van der Waals surface area contributed by atoms with Crippen LogP contribution in [0.25, 0.3) is 0 Å². The summed E-state index contributed by atoms with van der Waals surface area (Å²) < 4.78 is 0. The van der Waals surface area contributed by atoms with E-state index >= 15 is 0 Å². The maximum absolute atomic E-state index is 12.3. The van der Waals surface area contributed by atoms with Crippen molar-refractivity contribution in [3.63, 3.8) is 0 Å². The summed E-state index contributed by atoms with van der Waals surface area (Å²) in [6, 6.07) is 5.68. The van der Waals surface area contributed by atoms with Crippen molar-refractivity contribution in [1.29, 1.82) is 0 Å². The van der Waals surface area contributed by atoms with Crippen LogP contribution in [0, 0.1) is 17.8 Å². The lowest BCUT2D eigenvalue weighted by atomic mass is 9.67. The van der Waals surface area contributed by atoms with Gasteiger partial charge in [-0.1, -0.05) is 12.5 Å². The number of hydrogen-bond acceptors (Lipinski definition) is 3. The summed E-state index contributed by atoms with van der Waals surface area (Å²) in [4.78, 5) is 28.5. The average Bonchev–Trinajstić information content (AvgIpc) is 2.45. The number of nitrogens with zero attached hydrogens (tertiary/aromatic N) is 1. The van der Waals surface area contributed by atoms with Crippen molar-refractivity contribution in [2.75, 3.05) is 0 Å². The van der Waals surface area contributed by atoms with E-state index in [0.717, 1.165) is 37.8 Å². The normalized spacial score (nSPS) is 29.0. The van der Waals surface area contributed by atoms with Crippen LogP contribution in [0.3, 0.4) is 0 Å². The summed E-state index contributed by atoms with van der Waals surface area (Å²) in [6.45, 7) is 0.472. The summed E-state index contributed by atoms with van der Waals surface area (Å²) in [5.41, 5.74) is 0.868. The third-order valence-corrected chi connectivity index (χ3v) is 4.59. The highest BCUT2D eigenvalue weighted by Crippen LogP contribution is 2.40. The van der Waals surface area contributed by atoms with E-state index in [1.54, 1.807) is 6.20 Å². The van der Waals surface area contributed by atoms with Crippen molar-refractivity contribution in [2.45, 2.75) is 38.6 Å². The molecule has 20 heavy (non-hydrogen) atoms. The highest BCUT2D eigenvalue weighted by Gasteiger charge is 2.41. The predicted octanol–water partition coefficient (Wildman–Crippen LogP) is 2.09. The molecule has 2 saturated carbocycles. The maximum atomic E-state index is 12.3. The monoisotopic (exact) mass is 272 g/mol. The molecule has 0 aromatic carbocycles. The Morgan fingerprint density at radius 2 is 2.00 bits per heavy atom. The molecular formula is C16H20N2O2. The summed E-state index contributed by atoms with van der Waals surface area (Å²) in [5, 5.41) is 2.96. The second-order valence-electron chi connectivity index (χ2n) is 5.93. The highest BCUT2D eigenvalue weighted by molar-refractivity contribution is 5.88.